The molecule has 0 aromatic heterocycles. The molecule has 0 bridgehead atoms. The van der Waals surface area contributed by atoms with Crippen LogP contribution in [0, 0.1) is 5.92 Å². The van der Waals surface area contributed by atoms with Gasteiger partial charge in [0.25, 0.3) is 0 Å². The Morgan fingerprint density at radius 3 is 2.46 bits per heavy atom. The van der Waals surface area contributed by atoms with Crippen LogP contribution < -0.4 is 5.73 Å². The zero-order valence-electron chi connectivity index (χ0n) is 9.34. The van der Waals surface area contributed by atoms with Crippen molar-refractivity contribution in [1.82, 2.24) is 4.90 Å². The Bertz CT molecular complexity index is 150. The van der Waals surface area contributed by atoms with Crippen LogP contribution in [0.2, 0.25) is 0 Å². The lowest BCUT2D eigenvalue weighted by Crippen LogP contribution is -2.60. The molecule has 0 aromatic rings. The highest BCUT2D eigenvalue weighted by Gasteiger charge is 2.43. The average molecular weight is 184 g/mol. The number of hydrogen-bond donors (Lipinski definition) is 1. The van der Waals surface area contributed by atoms with Crippen LogP contribution in [0.15, 0.2) is 0 Å². The molecule has 1 aliphatic carbocycles. The van der Waals surface area contributed by atoms with E-state index in [1.807, 2.05) is 0 Å². The minimum Gasteiger partial charge on any atom is -0.329 e. The molecule has 0 saturated heterocycles. The summed E-state index contributed by atoms with van der Waals surface area (Å²) in [5.41, 5.74) is 6.22. The highest BCUT2D eigenvalue weighted by molar-refractivity contribution is 5.00. The highest BCUT2D eigenvalue weighted by atomic mass is 15.2. The van der Waals surface area contributed by atoms with E-state index < -0.39 is 0 Å². The molecule has 0 radical (unpaired) electrons. The van der Waals surface area contributed by atoms with Gasteiger partial charge in [0.2, 0.25) is 0 Å². The second-order valence-corrected chi connectivity index (χ2v) is 4.72. The van der Waals surface area contributed by atoms with E-state index in [1.54, 1.807) is 0 Å². The Morgan fingerprint density at radius 2 is 2.08 bits per heavy atom. The maximum absolute atomic E-state index is 5.86. The van der Waals surface area contributed by atoms with Crippen LogP contribution in [-0.4, -0.2) is 30.6 Å². The minimum atomic E-state index is 0.356. The van der Waals surface area contributed by atoms with Crippen molar-refractivity contribution >= 4 is 0 Å². The number of unbranched alkanes of at least 4 members (excludes halogenated alkanes) is 1. The van der Waals surface area contributed by atoms with Gasteiger partial charge < -0.3 is 5.73 Å². The lowest BCUT2D eigenvalue weighted by molar-refractivity contribution is 0.00513. The van der Waals surface area contributed by atoms with Gasteiger partial charge in [-0.25, -0.2) is 0 Å². The summed E-state index contributed by atoms with van der Waals surface area (Å²) < 4.78 is 0. The van der Waals surface area contributed by atoms with Gasteiger partial charge in [0.15, 0.2) is 0 Å². The standard InChI is InChI=1S/C11H24N2/c1-4-5-6-13(3)11(9-12)7-10(2)8-11/h10H,4-9,12H2,1-3H3. The third kappa shape index (κ3) is 2.23. The van der Waals surface area contributed by atoms with E-state index in [-0.39, 0.29) is 0 Å². The van der Waals surface area contributed by atoms with Crippen molar-refractivity contribution in [2.45, 2.75) is 45.1 Å². The van der Waals surface area contributed by atoms with E-state index in [0.29, 0.717) is 5.54 Å². The molecule has 78 valence electrons. The summed E-state index contributed by atoms with van der Waals surface area (Å²) in [7, 11) is 2.23. The number of rotatable bonds is 5. The fourth-order valence-electron chi connectivity index (χ4n) is 2.50. The molecule has 2 heteroatoms. The second kappa shape index (κ2) is 4.43. The van der Waals surface area contributed by atoms with Crippen molar-refractivity contribution in [1.29, 1.82) is 0 Å². The van der Waals surface area contributed by atoms with Crippen LogP contribution in [0.4, 0.5) is 0 Å². The summed E-state index contributed by atoms with van der Waals surface area (Å²) in [5, 5.41) is 0. The van der Waals surface area contributed by atoms with E-state index in [4.69, 9.17) is 5.73 Å². The molecule has 0 spiro atoms. The molecule has 2 N–H and O–H groups in total. The maximum atomic E-state index is 5.86. The first-order valence-corrected chi connectivity index (χ1v) is 5.56. The Hall–Kier alpha value is -0.0800. The van der Waals surface area contributed by atoms with Gasteiger partial charge in [-0.1, -0.05) is 20.3 Å². The van der Waals surface area contributed by atoms with E-state index in [1.165, 1.54) is 32.2 Å². The molecule has 1 saturated carbocycles. The summed E-state index contributed by atoms with van der Waals surface area (Å²) in [6, 6.07) is 0. The molecule has 13 heavy (non-hydrogen) atoms. The molecule has 0 atom stereocenters. The summed E-state index contributed by atoms with van der Waals surface area (Å²) in [5.74, 6) is 0.882. The number of nitrogens with zero attached hydrogens (tertiary/aromatic N) is 1. The third-order valence-corrected chi connectivity index (χ3v) is 3.49. The number of hydrogen-bond acceptors (Lipinski definition) is 2. The molecule has 0 heterocycles. The first-order chi connectivity index (χ1) is 6.14. The Labute approximate surface area is 82.5 Å². The van der Waals surface area contributed by atoms with Gasteiger partial charge in [0.1, 0.15) is 0 Å². The van der Waals surface area contributed by atoms with Gasteiger partial charge in [0.05, 0.1) is 0 Å². The van der Waals surface area contributed by atoms with Crippen molar-refractivity contribution in [2.24, 2.45) is 11.7 Å². The fourth-order valence-corrected chi connectivity index (χ4v) is 2.50. The molecule has 0 aromatic carbocycles. The number of nitrogens with two attached hydrogens (primary N) is 1. The predicted octanol–water partition coefficient (Wildman–Crippen LogP) is 1.85. The smallest absolute Gasteiger partial charge is 0.0333 e. The first-order valence-electron chi connectivity index (χ1n) is 5.56. The van der Waals surface area contributed by atoms with Crippen LogP contribution in [0.1, 0.15) is 39.5 Å². The van der Waals surface area contributed by atoms with E-state index in [0.717, 1.165) is 12.5 Å². The molecule has 0 amide bonds. The first kappa shape index (κ1) is 11.0. The normalized spacial score (nSPS) is 33.5. The number of likely N-dealkylation sites (N-methyl/N-ethyl adjacent to an activating group) is 1. The zero-order chi connectivity index (χ0) is 9.90. The van der Waals surface area contributed by atoms with Crippen LogP contribution >= 0.6 is 0 Å². The minimum absolute atomic E-state index is 0.356. The van der Waals surface area contributed by atoms with Crippen LogP contribution in [-0.2, 0) is 0 Å². The SMILES string of the molecule is CCCCN(C)C1(CN)CC(C)C1. The van der Waals surface area contributed by atoms with Crippen molar-refractivity contribution < 1.29 is 0 Å². The van der Waals surface area contributed by atoms with Crippen LogP contribution in [0.5, 0.6) is 0 Å². The molecular formula is C11H24N2. The van der Waals surface area contributed by atoms with Crippen LogP contribution in [0.3, 0.4) is 0 Å². The van der Waals surface area contributed by atoms with Gasteiger partial charge in [-0.05, 0) is 38.8 Å². The lowest BCUT2D eigenvalue weighted by Gasteiger charge is -2.52. The molecular weight excluding hydrogens is 160 g/mol. The second-order valence-electron chi connectivity index (χ2n) is 4.72. The average Bonchev–Trinajstić information content (AvgIpc) is 2.08. The van der Waals surface area contributed by atoms with Gasteiger partial charge >= 0.3 is 0 Å². The lowest BCUT2D eigenvalue weighted by atomic mass is 9.68. The van der Waals surface area contributed by atoms with Crippen molar-refractivity contribution in [3.05, 3.63) is 0 Å². The maximum Gasteiger partial charge on any atom is 0.0333 e. The van der Waals surface area contributed by atoms with Gasteiger partial charge in [-0.2, -0.15) is 0 Å². The Morgan fingerprint density at radius 1 is 1.46 bits per heavy atom. The van der Waals surface area contributed by atoms with Gasteiger partial charge in [-0.15, -0.1) is 0 Å². The highest BCUT2D eigenvalue weighted by Crippen LogP contribution is 2.40. The van der Waals surface area contributed by atoms with E-state index >= 15 is 0 Å². The van der Waals surface area contributed by atoms with Crippen molar-refractivity contribution in [3.63, 3.8) is 0 Å². The summed E-state index contributed by atoms with van der Waals surface area (Å²) in [6.45, 7) is 6.60. The topological polar surface area (TPSA) is 29.3 Å². The van der Waals surface area contributed by atoms with Crippen molar-refractivity contribution in [3.8, 4) is 0 Å². The van der Waals surface area contributed by atoms with Crippen molar-refractivity contribution in [2.75, 3.05) is 20.1 Å². The van der Waals surface area contributed by atoms with E-state index in [2.05, 4.69) is 25.8 Å². The summed E-state index contributed by atoms with van der Waals surface area (Å²) in [6.07, 6.45) is 5.17. The van der Waals surface area contributed by atoms with Gasteiger partial charge in [0, 0.05) is 12.1 Å². The largest absolute Gasteiger partial charge is 0.329 e. The van der Waals surface area contributed by atoms with Gasteiger partial charge in [-0.3, -0.25) is 4.90 Å². The molecule has 0 aliphatic heterocycles. The Kier molecular flexibility index (Phi) is 3.74. The fraction of sp³-hybridized carbons (Fsp3) is 1.00. The molecule has 2 nitrogen and oxygen atoms in total. The Balaban J connectivity index is 2.38. The summed E-state index contributed by atoms with van der Waals surface area (Å²) >= 11 is 0. The molecule has 1 rings (SSSR count). The zero-order valence-corrected chi connectivity index (χ0v) is 9.34. The van der Waals surface area contributed by atoms with E-state index in [9.17, 15) is 0 Å². The molecule has 1 aliphatic rings. The third-order valence-electron chi connectivity index (χ3n) is 3.49. The quantitative estimate of drug-likeness (QED) is 0.706. The molecule has 0 unspecified atom stereocenters. The monoisotopic (exact) mass is 184 g/mol. The predicted molar refractivity (Wildman–Crippen MR) is 57.7 cm³/mol. The summed E-state index contributed by atoms with van der Waals surface area (Å²) in [4.78, 5) is 2.48. The molecule has 1 fully saturated rings. The van der Waals surface area contributed by atoms with Crippen LogP contribution in [0.25, 0.3) is 0 Å².